The van der Waals surface area contributed by atoms with Gasteiger partial charge in [0.25, 0.3) is 0 Å². The zero-order valence-corrected chi connectivity index (χ0v) is 26.3. The van der Waals surface area contributed by atoms with Crippen LogP contribution < -0.4 is 5.32 Å². The Kier molecular flexibility index (Phi) is 9.05. The second-order valence-corrected chi connectivity index (χ2v) is 13.7. The van der Waals surface area contributed by atoms with Crippen LogP contribution in [0.1, 0.15) is 65.5 Å². The van der Waals surface area contributed by atoms with Gasteiger partial charge >= 0.3 is 5.97 Å². The normalized spacial score (nSPS) is 32.6. The van der Waals surface area contributed by atoms with Crippen LogP contribution in [-0.4, -0.2) is 87.7 Å². The van der Waals surface area contributed by atoms with Crippen molar-refractivity contribution in [3.8, 4) is 0 Å². The first-order valence-electron chi connectivity index (χ1n) is 15.7. The molecule has 7 atom stereocenters. The minimum Gasteiger partial charge on any atom is -0.463 e. The number of esters is 1. The number of fused-ring (bicyclic) bond motifs is 2. The summed E-state index contributed by atoms with van der Waals surface area (Å²) in [5.74, 6) is -3.22. The fourth-order valence-electron chi connectivity index (χ4n) is 7.16. The molecule has 1 aromatic rings. The fraction of sp³-hybridized carbons (Fsp3) is 0.588. The molecule has 2 fully saturated rings. The molecule has 0 radical (unpaired) electrons. The van der Waals surface area contributed by atoms with E-state index in [0.717, 1.165) is 5.56 Å². The van der Waals surface area contributed by atoms with Crippen LogP contribution in [0.4, 0.5) is 0 Å². The second kappa shape index (κ2) is 12.5. The van der Waals surface area contributed by atoms with Crippen LogP contribution in [0, 0.1) is 17.8 Å². The van der Waals surface area contributed by atoms with Crippen LogP contribution in [-0.2, 0) is 28.7 Å². The SMILES string of the molecule is CC(C)C[C@H](CO)N1C(=O)[C@H]2[C@@H]3C(=O)N[C@H](c4ccccc4)COC(=O)CC/C=C\CN(C(C)(C)C)C(=O)[C@H]1[C@@]21C=C[C@@H]3O1. The van der Waals surface area contributed by atoms with E-state index in [-0.39, 0.29) is 43.9 Å². The van der Waals surface area contributed by atoms with E-state index in [4.69, 9.17) is 9.47 Å². The molecule has 4 aliphatic rings. The number of benzene rings is 1. The molecule has 2 saturated heterocycles. The third-order valence-electron chi connectivity index (χ3n) is 9.17. The molecule has 0 unspecified atom stereocenters. The molecule has 3 amide bonds. The molecule has 5 rings (SSSR count). The number of nitrogens with one attached hydrogen (secondary N) is 1. The van der Waals surface area contributed by atoms with E-state index >= 15 is 0 Å². The smallest absolute Gasteiger partial charge is 0.306 e. The van der Waals surface area contributed by atoms with Crippen LogP contribution in [0.2, 0.25) is 0 Å². The summed E-state index contributed by atoms with van der Waals surface area (Å²) < 4.78 is 12.1. The molecular formula is C34H45N3O7. The van der Waals surface area contributed by atoms with Crippen molar-refractivity contribution in [2.24, 2.45) is 17.8 Å². The zero-order chi connectivity index (χ0) is 31.8. The van der Waals surface area contributed by atoms with Gasteiger partial charge in [-0.3, -0.25) is 19.2 Å². The number of hydrogen-bond acceptors (Lipinski definition) is 7. The lowest BCUT2D eigenvalue weighted by molar-refractivity contribution is -0.154. The molecule has 4 aliphatic heterocycles. The molecule has 2 N–H and O–H groups in total. The Balaban J connectivity index is 1.61. The number of carbonyl (C=O) groups is 4. The predicted octanol–water partition coefficient (Wildman–Crippen LogP) is 2.92. The summed E-state index contributed by atoms with van der Waals surface area (Å²) in [6.07, 6.45) is 7.62. The minimum absolute atomic E-state index is 0.0673. The van der Waals surface area contributed by atoms with Crippen LogP contribution in [0.25, 0.3) is 0 Å². The van der Waals surface area contributed by atoms with E-state index in [1.165, 1.54) is 4.90 Å². The van der Waals surface area contributed by atoms with Crippen molar-refractivity contribution >= 4 is 23.7 Å². The number of nitrogens with zero attached hydrogens (tertiary/aromatic N) is 2. The Morgan fingerprint density at radius 3 is 2.45 bits per heavy atom. The monoisotopic (exact) mass is 607 g/mol. The zero-order valence-electron chi connectivity index (χ0n) is 26.3. The van der Waals surface area contributed by atoms with Gasteiger partial charge in [0.15, 0.2) is 0 Å². The second-order valence-electron chi connectivity index (χ2n) is 13.7. The summed E-state index contributed by atoms with van der Waals surface area (Å²) in [5, 5.41) is 13.6. The quantitative estimate of drug-likeness (QED) is 0.390. The van der Waals surface area contributed by atoms with Gasteiger partial charge in [0, 0.05) is 18.5 Å². The lowest BCUT2D eigenvalue weighted by Gasteiger charge is -2.43. The van der Waals surface area contributed by atoms with E-state index in [1.54, 1.807) is 17.1 Å². The minimum atomic E-state index is -1.36. The van der Waals surface area contributed by atoms with Crippen LogP contribution in [0.15, 0.2) is 54.6 Å². The van der Waals surface area contributed by atoms with E-state index in [0.29, 0.717) is 12.8 Å². The standard InChI is InChI=1S/C34H45N3O7/c1-21(2)18-23(19-38)37-29-32(42)36(33(3,4)5)17-11-7-10-14-26(39)43-20-24(22-12-8-6-9-13-22)35-30(40)27-25-15-16-34(29,44-25)28(27)31(37)41/h6-9,11-13,15-16,21,23-25,27-29,38H,10,14,17-20H2,1-5H3,(H,35,40)/b11-7-/t23-,24+,25+,27-,28-,29+,34-/m1/s1. The maximum absolute atomic E-state index is 14.7. The first-order chi connectivity index (χ1) is 20.9. The predicted molar refractivity (Wildman–Crippen MR) is 163 cm³/mol. The first-order valence-corrected chi connectivity index (χ1v) is 15.7. The summed E-state index contributed by atoms with van der Waals surface area (Å²) in [4.78, 5) is 59.2. The van der Waals surface area contributed by atoms with Gasteiger partial charge in [-0.15, -0.1) is 0 Å². The highest BCUT2D eigenvalue weighted by atomic mass is 16.5. The van der Waals surface area contributed by atoms with Crippen LogP contribution in [0.3, 0.4) is 0 Å². The van der Waals surface area contributed by atoms with Crippen molar-refractivity contribution < 1.29 is 33.8 Å². The van der Waals surface area contributed by atoms with E-state index < -0.39 is 59.1 Å². The molecule has 0 saturated carbocycles. The molecule has 10 nitrogen and oxygen atoms in total. The van der Waals surface area contributed by atoms with Gasteiger partial charge in [0.2, 0.25) is 17.7 Å². The fourth-order valence-corrected chi connectivity index (χ4v) is 7.16. The van der Waals surface area contributed by atoms with Crippen molar-refractivity contribution in [3.05, 3.63) is 60.2 Å². The molecule has 0 aromatic heterocycles. The number of cyclic esters (lactones) is 1. The van der Waals surface area contributed by atoms with Gasteiger partial charge < -0.3 is 29.7 Å². The highest BCUT2D eigenvalue weighted by Gasteiger charge is 2.74. The summed E-state index contributed by atoms with van der Waals surface area (Å²) in [6, 6.07) is 6.90. The van der Waals surface area contributed by atoms with Crippen molar-refractivity contribution in [1.29, 1.82) is 0 Å². The van der Waals surface area contributed by atoms with Gasteiger partial charge in [0.05, 0.1) is 36.6 Å². The maximum Gasteiger partial charge on any atom is 0.306 e. The van der Waals surface area contributed by atoms with Gasteiger partial charge in [-0.2, -0.15) is 0 Å². The van der Waals surface area contributed by atoms with Gasteiger partial charge in [-0.05, 0) is 45.1 Å². The Morgan fingerprint density at radius 1 is 1.07 bits per heavy atom. The first kappa shape index (κ1) is 31.9. The van der Waals surface area contributed by atoms with Crippen molar-refractivity contribution in [2.75, 3.05) is 19.8 Å². The molecule has 10 heteroatoms. The van der Waals surface area contributed by atoms with Crippen LogP contribution in [0.5, 0.6) is 0 Å². The summed E-state index contributed by atoms with van der Waals surface area (Å²) in [5.41, 5.74) is -1.23. The summed E-state index contributed by atoms with van der Waals surface area (Å²) >= 11 is 0. The average molecular weight is 608 g/mol. The molecule has 44 heavy (non-hydrogen) atoms. The number of rotatable bonds is 5. The molecule has 238 valence electrons. The number of aliphatic hydroxyl groups is 1. The van der Waals surface area contributed by atoms with Gasteiger partial charge in [-0.1, -0.05) is 68.5 Å². The number of amides is 3. The van der Waals surface area contributed by atoms with E-state index in [2.05, 4.69) is 5.32 Å². The number of aliphatic hydroxyl groups excluding tert-OH is 1. The molecule has 4 heterocycles. The van der Waals surface area contributed by atoms with Crippen molar-refractivity contribution in [2.45, 2.75) is 89.3 Å². The Morgan fingerprint density at radius 2 is 1.80 bits per heavy atom. The Labute approximate surface area is 259 Å². The highest BCUT2D eigenvalue weighted by molar-refractivity contribution is 6.00. The topological polar surface area (TPSA) is 125 Å². The molecule has 1 aromatic carbocycles. The Bertz CT molecular complexity index is 1320. The lowest BCUT2D eigenvalue weighted by atomic mass is 9.74. The molecule has 0 aliphatic carbocycles. The van der Waals surface area contributed by atoms with Gasteiger partial charge in [-0.25, -0.2) is 0 Å². The largest absolute Gasteiger partial charge is 0.463 e. The highest BCUT2D eigenvalue weighted by Crippen LogP contribution is 2.56. The number of carbonyl (C=O) groups excluding carboxylic acids is 4. The number of likely N-dealkylation sites (tertiary alicyclic amines) is 1. The average Bonchev–Trinajstić information content (AvgIpc) is 3.62. The number of hydrogen-bond donors (Lipinski definition) is 2. The lowest BCUT2D eigenvalue weighted by Crippen LogP contribution is -2.61. The van der Waals surface area contributed by atoms with Crippen molar-refractivity contribution in [1.82, 2.24) is 15.1 Å². The third-order valence-corrected chi connectivity index (χ3v) is 9.17. The molecule has 5 bridgehead atoms. The number of allylic oxidation sites excluding steroid dienone is 1. The summed E-state index contributed by atoms with van der Waals surface area (Å²) in [6.45, 7) is 9.64. The summed E-state index contributed by atoms with van der Waals surface area (Å²) in [7, 11) is 0. The van der Waals surface area contributed by atoms with Crippen LogP contribution >= 0.6 is 0 Å². The van der Waals surface area contributed by atoms with Crippen molar-refractivity contribution in [3.63, 3.8) is 0 Å². The maximum atomic E-state index is 14.7. The van der Waals surface area contributed by atoms with E-state index in [1.807, 2.05) is 77.1 Å². The third kappa shape index (κ3) is 5.81. The molecule has 1 spiro atoms. The number of ether oxygens (including phenoxy) is 2. The molecular weight excluding hydrogens is 562 g/mol. The Hall–Kier alpha value is -3.50. The van der Waals surface area contributed by atoms with Gasteiger partial charge in [0.1, 0.15) is 18.2 Å². The van der Waals surface area contributed by atoms with E-state index in [9.17, 15) is 24.3 Å².